The predicted molar refractivity (Wildman–Crippen MR) is 235 cm³/mol. The number of piperidine rings is 2. The highest BCUT2D eigenvalue weighted by Crippen LogP contribution is 2.41. The van der Waals surface area contributed by atoms with Gasteiger partial charge in [-0.3, -0.25) is 9.59 Å². The molecule has 9 nitrogen and oxygen atoms in total. The fraction of sp³-hybridized carbons (Fsp3) is 0.260. The normalized spacial score (nSPS) is 18.8. The Morgan fingerprint density at radius 3 is 1.83 bits per heavy atom. The van der Waals surface area contributed by atoms with E-state index in [4.69, 9.17) is 20.8 Å². The Hall–Kier alpha value is -6.07. The van der Waals surface area contributed by atoms with E-state index in [9.17, 15) is 14.4 Å². The maximum absolute atomic E-state index is 14.3. The molecule has 3 heterocycles. The number of rotatable bonds is 9. The molecular weight excluding hydrogens is 747 g/mol. The lowest BCUT2D eigenvalue weighted by molar-refractivity contribution is -0.141. The van der Waals surface area contributed by atoms with Crippen LogP contribution in [0.25, 0.3) is 10.8 Å². The van der Waals surface area contributed by atoms with Crippen molar-refractivity contribution in [1.82, 2.24) is 9.80 Å². The summed E-state index contributed by atoms with van der Waals surface area (Å²) in [6.07, 6.45) is 3.50. The lowest BCUT2D eigenvalue weighted by atomic mass is 9.77. The van der Waals surface area contributed by atoms with Gasteiger partial charge >= 0.3 is 13.1 Å². The van der Waals surface area contributed by atoms with Crippen molar-refractivity contribution in [2.45, 2.75) is 56.2 Å². The number of hydrogen-bond acceptors (Lipinski definition) is 7. The van der Waals surface area contributed by atoms with Crippen LogP contribution < -0.4 is 16.9 Å². The molecule has 0 aliphatic carbocycles. The first-order chi connectivity index (χ1) is 29.3. The third-order valence-corrected chi connectivity index (χ3v) is 12.8. The van der Waals surface area contributed by atoms with Crippen LogP contribution in [0.4, 0.5) is 0 Å². The third kappa shape index (κ3) is 7.51. The molecule has 1 atom stereocenters. The highest BCUT2D eigenvalue weighted by molar-refractivity contribution is 6.65. The molecule has 0 unspecified atom stereocenters. The van der Waals surface area contributed by atoms with Crippen molar-refractivity contribution in [2.24, 2.45) is 11.5 Å². The number of benzene rings is 6. The highest BCUT2D eigenvalue weighted by Gasteiger charge is 2.56. The molecule has 3 fully saturated rings. The smallest absolute Gasteiger partial charge is 0.503 e. The van der Waals surface area contributed by atoms with Crippen molar-refractivity contribution in [3.63, 3.8) is 0 Å². The quantitative estimate of drug-likeness (QED) is 0.151. The van der Waals surface area contributed by atoms with E-state index in [2.05, 4.69) is 42.5 Å². The molecule has 302 valence electrons. The van der Waals surface area contributed by atoms with Crippen molar-refractivity contribution in [3.05, 3.63) is 184 Å². The summed E-state index contributed by atoms with van der Waals surface area (Å²) in [4.78, 5) is 46.2. The van der Waals surface area contributed by atoms with Crippen LogP contribution in [0.1, 0.15) is 91.6 Å². The number of fused-ring (bicyclic) bond motifs is 1. The van der Waals surface area contributed by atoms with Crippen molar-refractivity contribution in [1.29, 1.82) is 0 Å². The first kappa shape index (κ1) is 39.4. The Morgan fingerprint density at radius 1 is 0.617 bits per heavy atom. The average Bonchev–Trinajstić information content (AvgIpc) is 3.68. The Bertz CT molecular complexity index is 2550. The van der Waals surface area contributed by atoms with Crippen molar-refractivity contribution in [2.75, 3.05) is 26.2 Å². The van der Waals surface area contributed by atoms with E-state index < -0.39 is 18.7 Å². The average molecular weight is 797 g/mol. The predicted octanol–water partition coefficient (Wildman–Crippen LogP) is 7.01. The molecule has 0 aromatic heterocycles. The second-order valence-corrected chi connectivity index (χ2v) is 16.3. The molecule has 0 spiro atoms. The second-order valence-electron chi connectivity index (χ2n) is 16.3. The van der Waals surface area contributed by atoms with Gasteiger partial charge in [0.2, 0.25) is 5.60 Å². The molecule has 6 aromatic carbocycles. The van der Waals surface area contributed by atoms with E-state index in [1.807, 2.05) is 88.7 Å². The van der Waals surface area contributed by atoms with Crippen molar-refractivity contribution < 1.29 is 23.7 Å². The summed E-state index contributed by atoms with van der Waals surface area (Å²) in [5, 5.41) is 1.66. The van der Waals surface area contributed by atoms with E-state index in [0.29, 0.717) is 78.8 Å². The zero-order chi connectivity index (χ0) is 41.2. The molecule has 3 saturated heterocycles. The monoisotopic (exact) mass is 796 g/mol. The Morgan fingerprint density at radius 2 is 1.20 bits per heavy atom. The van der Waals surface area contributed by atoms with Gasteiger partial charge in [0, 0.05) is 50.4 Å². The molecule has 0 saturated carbocycles. The summed E-state index contributed by atoms with van der Waals surface area (Å²) in [5.74, 6) is 0.114. The zero-order valence-electron chi connectivity index (χ0n) is 33.7. The van der Waals surface area contributed by atoms with Crippen LogP contribution in [0.5, 0.6) is 0 Å². The summed E-state index contributed by atoms with van der Waals surface area (Å²) in [7, 11) is -1.03. The lowest BCUT2D eigenvalue weighted by Crippen LogP contribution is -2.39. The first-order valence-corrected chi connectivity index (χ1v) is 21.1. The van der Waals surface area contributed by atoms with Crippen molar-refractivity contribution >= 4 is 41.1 Å². The van der Waals surface area contributed by atoms with Crippen LogP contribution >= 0.6 is 0 Å². The molecule has 6 aromatic rings. The number of nitrogens with zero attached hydrogens (tertiary/aromatic N) is 2. The van der Waals surface area contributed by atoms with Gasteiger partial charge in [-0.1, -0.05) is 121 Å². The summed E-state index contributed by atoms with van der Waals surface area (Å²) < 4.78 is 12.9. The minimum atomic E-state index is -1.62. The van der Waals surface area contributed by atoms with E-state index in [1.54, 1.807) is 18.2 Å². The van der Waals surface area contributed by atoms with Gasteiger partial charge in [0.05, 0.1) is 0 Å². The van der Waals surface area contributed by atoms with E-state index >= 15 is 0 Å². The van der Waals surface area contributed by atoms with Crippen LogP contribution in [0.15, 0.2) is 140 Å². The van der Waals surface area contributed by atoms with Gasteiger partial charge in [0.15, 0.2) is 0 Å². The van der Waals surface area contributed by atoms with Crippen molar-refractivity contribution in [3.8, 4) is 0 Å². The topological polar surface area (TPSA) is 128 Å². The number of carbonyl (C=O) groups excluding carboxylic acids is 3. The van der Waals surface area contributed by atoms with Gasteiger partial charge in [-0.15, -0.1) is 0 Å². The summed E-state index contributed by atoms with van der Waals surface area (Å²) in [5.41, 5.74) is 17.8. The third-order valence-electron chi connectivity index (χ3n) is 12.8. The number of likely N-dealkylation sites (tertiary alicyclic amines) is 2. The van der Waals surface area contributed by atoms with Gasteiger partial charge in [0.1, 0.15) is 0 Å². The number of amides is 2. The fourth-order valence-electron chi connectivity index (χ4n) is 9.40. The molecule has 0 radical (unpaired) electrons. The molecule has 3 aliphatic heterocycles. The van der Waals surface area contributed by atoms with Gasteiger partial charge in [0.25, 0.3) is 11.8 Å². The lowest BCUT2D eigenvalue weighted by Gasteiger charge is -2.33. The van der Waals surface area contributed by atoms with E-state index in [1.165, 1.54) is 11.1 Å². The van der Waals surface area contributed by atoms with Crippen LogP contribution in [0.2, 0.25) is 0 Å². The molecule has 2 amide bonds. The molecule has 4 N–H and O–H groups in total. The molecule has 3 aliphatic rings. The SMILES string of the molecule is NCc1cccc(C2CCN(C(=O)c3cccc([C@@]4(c5ccccc5)OB(c5ccc6c(C(=O)N7CCC(c8cccc(CN)c8)CC7)cccc6c5)OC4=O)c3)CC2)c1. The summed E-state index contributed by atoms with van der Waals surface area (Å²) in [6.45, 7) is 3.62. The molecule has 10 heteroatoms. The van der Waals surface area contributed by atoms with E-state index in [-0.39, 0.29) is 11.8 Å². The van der Waals surface area contributed by atoms with Crippen LogP contribution in [0.3, 0.4) is 0 Å². The minimum absolute atomic E-state index is 0.00486. The van der Waals surface area contributed by atoms with Gasteiger partial charge in [-0.2, -0.15) is 0 Å². The van der Waals surface area contributed by atoms with E-state index in [0.717, 1.165) is 47.6 Å². The second kappa shape index (κ2) is 16.9. The van der Waals surface area contributed by atoms with Crippen LogP contribution in [-0.4, -0.2) is 60.9 Å². The van der Waals surface area contributed by atoms with Gasteiger partial charge < -0.3 is 30.6 Å². The molecular formula is C50H49BN4O5. The Kier molecular flexibility index (Phi) is 11.1. The Labute approximate surface area is 351 Å². The maximum Gasteiger partial charge on any atom is 0.566 e. The largest absolute Gasteiger partial charge is 0.566 e. The molecule has 9 rings (SSSR count). The molecule has 60 heavy (non-hydrogen) atoms. The van der Waals surface area contributed by atoms with Crippen LogP contribution in [-0.2, 0) is 32.8 Å². The standard InChI is InChI=1S/C50H49BN4O5/c52-32-34-8-4-10-38(28-34)36-20-24-54(25-21-36)47(56)41-13-6-16-43(30-41)50(42-14-2-1-3-15-42)49(58)59-51(60-50)44-18-19-45-40(31-44)12-7-17-46(45)48(57)55-26-22-37(23-27-55)39-11-5-9-35(29-39)33-53/h1-19,28-31,36-37H,20-27,32-33,52-53H2/t50-/m1/s1. The zero-order valence-corrected chi connectivity index (χ0v) is 33.7. The van der Waals surface area contributed by atoms with Gasteiger partial charge in [-0.05, 0) is 105 Å². The van der Waals surface area contributed by atoms with Gasteiger partial charge in [-0.25, -0.2) is 4.79 Å². The number of hydrogen-bond donors (Lipinski definition) is 2. The molecule has 0 bridgehead atoms. The number of carbonyl (C=O) groups is 3. The highest BCUT2D eigenvalue weighted by atomic mass is 16.7. The summed E-state index contributed by atoms with van der Waals surface area (Å²) in [6, 6.07) is 44.8. The Balaban J connectivity index is 0.936. The van der Waals surface area contributed by atoms with Crippen LogP contribution in [0, 0.1) is 0 Å². The minimum Gasteiger partial charge on any atom is -0.503 e. The first-order valence-electron chi connectivity index (χ1n) is 21.1. The number of nitrogens with two attached hydrogens (primary N) is 2. The fourth-order valence-corrected chi connectivity index (χ4v) is 9.40. The summed E-state index contributed by atoms with van der Waals surface area (Å²) >= 11 is 0. The maximum atomic E-state index is 14.3.